The van der Waals surface area contributed by atoms with Crippen LogP contribution in [0.1, 0.15) is 31.4 Å². The van der Waals surface area contributed by atoms with Crippen molar-refractivity contribution in [3.8, 4) is 0 Å². The van der Waals surface area contributed by atoms with Gasteiger partial charge < -0.3 is 4.57 Å². The highest BCUT2D eigenvalue weighted by Crippen LogP contribution is 2.37. The zero-order valence-electron chi connectivity index (χ0n) is 8.53. The molecule has 1 aliphatic carbocycles. The fourth-order valence-electron chi connectivity index (χ4n) is 2.10. The van der Waals surface area contributed by atoms with Crippen LogP contribution in [-0.4, -0.2) is 4.57 Å². The lowest BCUT2D eigenvalue weighted by atomic mass is 10.1. The summed E-state index contributed by atoms with van der Waals surface area (Å²) in [5.41, 5.74) is 2.84. The first-order valence-electron chi connectivity index (χ1n) is 5.48. The standard InChI is InChI=1S/C13H15N/c1-2-10-3-6-13-11(9-10)7-8-14(13)12-4-5-12/h3,6-9,12H,2,4-5H2,1H3. The molecule has 14 heavy (non-hydrogen) atoms. The second-order valence-corrected chi connectivity index (χ2v) is 4.20. The Bertz CT molecular complexity index is 463. The first kappa shape index (κ1) is 8.10. The predicted octanol–water partition coefficient (Wildman–Crippen LogP) is 3.54. The zero-order chi connectivity index (χ0) is 9.54. The van der Waals surface area contributed by atoms with Gasteiger partial charge in [0.05, 0.1) is 0 Å². The Morgan fingerprint density at radius 3 is 2.86 bits per heavy atom. The molecule has 0 N–H and O–H groups in total. The Kier molecular flexibility index (Phi) is 1.66. The molecule has 0 radical (unpaired) electrons. The van der Waals surface area contributed by atoms with Gasteiger partial charge in [-0.05, 0) is 48.4 Å². The fourth-order valence-corrected chi connectivity index (χ4v) is 2.10. The number of hydrogen-bond acceptors (Lipinski definition) is 0. The molecule has 2 aromatic rings. The molecule has 1 heterocycles. The molecule has 1 saturated carbocycles. The molecule has 72 valence electrons. The van der Waals surface area contributed by atoms with Crippen molar-refractivity contribution in [3.05, 3.63) is 36.0 Å². The number of benzene rings is 1. The van der Waals surface area contributed by atoms with Gasteiger partial charge in [0.2, 0.25) is 0 Å². The van der Waals surface area contributed by atoms with Crippen molar-refractivity contribution in [1.82, 2.24) is 4.57 Å². The molecule has 0 unspecified atom stereocenters. The first-order chi connectivity index (χ1) is 6.88. The third-order valence-electron chi connectivity index (χ3n) is 3.13. The summed E-state index contributed by atoms with van der Waals surface area (Å²) >= 11 is 0. The van der Waals surface area contributed by atoms with E-state index in [2.05, 4.69) is 42.0 Å². The van der Waals surface area contributed by atoms with Crippen LogP contribution >= 0.6 is 0 Å². The average Bonchev–Trinajstić information content (AvgIpc) is 2.98. The topological polar surface area (TPSA) is 4.93 Å². The second-order valence-electron chi connectivity index (χ2n) is 4.20. The van der Waals surface area contributed by atoms with Gasteiger partial charge in [0.1, 0.15) is 0 Å². The molecule has 0 atom stereocenters. The number of aryl methyl sites for hydroxylation is 1. The minimum Gasteiger partial charge on any atom is -0.344 e. The maximum absolute atomic E-state index is 2.43. The van der Waals surface area contributed by atoms with Crippen molar-refractivity contribution < 1.29 is 0 Å². The van der Waals surface area contributed by atoms with E-state index < -0.39 is 0 Å². The van der Waals surface area contributed by atoms with Crippen molar-refractivity contribution in [1.29, 1.82) is 0 Å². The van der Waals surface area contributed by atoms with Gasteiger partial charge in [0.15, 0.2) is 0 Å². The van der Waals surface area contributed by atoms with Gasteiger partial charge in [-0.25, -0.2) is 0 Å². The number of fused-ring (bicyclic) bond motifs is 1. The van der Waals surface area contributed by atoms with Gasteiger partial charge in [-0.2, -0.15) is 0 Å². The number of nitrogens with zero attached hydrogens (tertiary/aromatic N) is 1. The molecule has 1 aromatic carbocycles. The highest BCUT2D eigenvalue weighted by Gasteiger charge is 2.23. The smallest absolute Gasteiger partial charge is 0.0483 e. The molecule has 3 rings (SSSR count). The molecule has 1 aromatic heterocycles. The van der Waals surface area contributed by atoms with Crippen molar-refractivity contribution >= 4 is 10.9 Å². The van der Waals surface area contributed by atoms with Gasteiger partial charge >= 0.3 is 0 Å². The van der Waals surface area contributed by atoms with Crippen molar-refractivity contribution in [2.75, 3.05) is 0 Å². The first-order valence-corrected chi connectivity index (χ1v) is 5.48. The van der Waals surface area contributed by atoms with Crippen LogP contribution in [0.2, 0.25) is 0 Å². The quantitative estimate of drug-likeness (QED) is 0.674. The van der Waals surface area contributed by atoms with Crippen LogP contribution in [0, 0.1) is 0 Å². The zero-order valence-corrected chi connectivity index (χ0v) is 8.53. The van der Waals surface area contributed by atoms with E-state index in [4.69, 9.17) is 0 Å². The third kappa shape index (κ3) is 1.16. The number of rotatable bonds is 2. The maximum atomic E-state index is 2.43. The molecule has 0 bridgehead atoms. The largest absolute Gasteiger partial charge is 0.344 e. The van der Waals surface area contributed by atoms with Crippen LogP contribution < -0.4 is 0 Å². The van der Waals surface area contributed by atoms with E-state index in [9.17, 15) is 0 Å². The molecular weight excluding hydrogens is 170 g/mol. The fraction of sp³-hybridized carbons (Fsp3) is 0.385. The molecule has 1 nitrogen and oxygen atoms in total. The molecule has 0 aliphatic heterocycles. The van der Waals surface area contributed by atoms with Crippen LogP contribution in [-0.2, 0) is 6.42 Å². The summed E-state index contributed by atoms with van der Waals surface area (Å²) in [6.07, 6.45) is 6.09. The maximum Gasteiger partial charge on any atom is 0.0483 e. The molecular formula is C13H15N. The number of hydrogen-bond donors (Lipinski definition) is 0. The van der Waals surface area contributed by atoms with E-state index in [1.165, 1.54) is 29.3 Å². The molecule has 1 aliphatic rings. The predicted molar refractivity (Wildman–Crippen MR) is 59.6 cm³/mol. The summed E-state index contributed by atoms with van der Waals surface area (Å²) in [6, 6.07) is 9.87. The third-order valence-corrected chi connectivity index (χ3v) is 3.13. The number of aromatic nitrogens is 1. The van der Waals surface area contributed by atoms with Crippen LogP contribution in [0.3, 0.4) is 0 Å². The minimum atomic E-state index is 0.792. The Morgan fingerprint density at radius 2 is 2.14 bits per heavy atom. The van der Waals surface area contributed by atoms with Crippen molar-refractivity contribution in [2.45, 2.75) is 32.2 Å². The van der Waals surface area contributed by atoms with E-state index in [0.29, 0.717) is 0 Å². The SMILES string of the molecule is CCc1ccc2c(ccn2C2CC2)c1. The van der Waals surface area contributed by atoms with E-state index >= 15 is 0 Å². The summed E-state index contributed by atoms with van der Waals surface area (Å²) in [4.78, 5) is 0. The van der Waals surface area contributed by atoms with Crippen LogP contribution in [0.25, 0.3) is 10.9 Å². The van der Waals surface area contributed by atoms with Gasteiger partial charge in [0, 0.05) is 17.8 Å². The summed E-state index contributed by atoms with van der Waals surface area (Å²) in [5, 5.41) is 1.40. The highest BCUT2D eigenvalue weighted by molar-refractivity contribution is 5.81. The highest BCUT2D eigenvalue weighted by atomic mass is 15.0. The molecule has 1 heteroatoms. The van der Waals surface area contributed by atoms with E-state index in [-0.39, 0.29) is 0 Å². The van der Waals surface area contributed by atoms with E-state index in [1.807, 2.05) is 0 Å². The second kappa shape index (κ2) is 2.88. The van der Waals surface area contributed by atoms with Crippen LogP contribution in [0.5, 0.6) is 0 Å². The molecule has 0 saturated heterocycles. The minimum absolute atomic E-state index is 0.792. The molecule has 0 spiro atoms. The summed E-state index contributed by atoms with van der Waals surface area (Å²) in [5.74, 6) is 0. The average molecular weight is 185 g/mol. The monoisotopic (exact) mass is 185 g/mol. The van der Waals surface area contributed by atoms with E-state index in [0.717, 1.165) is 12.5 Å². The summed E-state index contributed by atoms with van der Waals surface area (Å²) < 4.78 is 2.43. The Morgan fingerprint density at radius 1 is 1.29 bits per heavy atom. The van der Waals surface area contributed by atoms with Gasteiger partial charge in [-0.3, -0.25) is 0 Å². The van der Waals surface area contributed by atoms with E-state index in [1.54, 1.807) is 0 Å². The van der Waals surface area contributed by atoms with Crippen LogP contribution in [0.15, 0.2) is 30.5 Å². The Hall–Kier alpha value is -1.24. The van der Waals surface area contributed by atoms with Gasteiger partial charge in [-0.15, -0.1) is 0 Å². The molecule has 0 amide bonds. The lowest BCUT2D eigenvalue weighted by molar-refractivity contribution is 0.776. The van der Waals surface area contributed by atoms with Gasteiger partial charge in [0.25, 0.3) is 0 Å². The molecule has 1 fully saturated rings. The Labute approximate surface area is 84.4 Å². The Balaban J connectivity index is 2.17. The lowest BCUT2D eigenvalue weighted by Crippen LogP contribution is -1.90. The van der Waals surface area contributed by atoms with Crippen molar-refractivity contribution in [3.63, 3.8) is 0 Å². The van der Waals surface area contributed by atoms with Gasteiger partial charge in [-0.1, -0.05) is 13.0 Å². The normalized spacial score (nSPS) is 16.4. The van der Waals surface area contributed by atoms with Crippen LogP contribution in [0.4, 0.5) is 0 Å². The van der Waals surface area contributed by atoms with Crippen molar-refractivity contribution in [2.24, 2.45) is 0 Å². The lowest BCUT2D eigenvalue weighted by Gasteiger charge is -2.03. The summed E-state index contributed by atoms with van der Waals surface area (Å²) in [7, 11) is 0. The summed E-state index contributed by atoms with van der Waals surface area (Å²) in [6.45, 7) is 2.21.